The Morgan fingerprint density at radius 1 is 0.920 bits per heavy atom. The van der Waals surface area contributed by atoms with Crippen LogP contribution < -0.4 is 11.1 Å². The lowest BCUT2D eigenvalue weighted by atomic mass is 10.2. The van der Waals surface area contributed by atoms with Crippen LogP contribution in [-0.4, -0.2) is 25.6 Å². The smallest absolute Gasteiger partial charge is 0.414 e. The number of nitrogens with zero attached hydrogens (tertiary/aromatic N) is 1. The first-order valence-corrected chi connectivity index (χ1v) is 7.71. The summed E-state index contributed by atoms with van der Waals surface area (Å²) in [5, 5.41) is 2.31. The van der Waals surface area contributed by atoms with Gasteiger partial charge in [0, 0.05) is 0 Å². The number of benzene rings is 2. The monoisotopic (exact) mass is 343 g/mol. The van der Waals surface area contributed by atoms with Gasteiger partial charge in [0.15, 0.2) is 5.96 Å². The predicted octanol–water partition coefficient (Wildman–Crippen LogP) is 2.38. The Morgan fingerprint density at radius 2 is 1.52 bits per heavy atom. The summed E-state index contributed by atoms with van der Waals surface area (Å²) in [5.74, 6) is -0.0823. The molecule has 0 unspecified atom stereocenters. The molecule has 0 aliphatic heterocycles. The van der Waals surface area contributed by atoms with Crippen LogP contribution in [0, 0.1) is 0 Å². The summed E-state index contributed by atoms with van der Waals surface area (Å²) in [7, 11) is 0. The first-order chi connectivity index (χ1) is 12.2. The summed E-state index contributed by atoms with van der Waals surface area (Å²) in [4.78, 5) is 15.4. The molecule has 2 rings (SSSR count). The van der Waals surface area contributed by atoms with Crippen LogP contribution in [0.3, 0.4) is 0 Å². The number of hydrogen-bond acceptors (Lipinski definition) is 5. The maximum atomic E-state index is 11.6. The number of rotatable bonds is 8. The van der Waals surface area contributed by atoms with E-state index in [9.17, 15) is 4.79 Å². The fourth-order valence-electron chi connectivity index (χ4n) is 1.85. The summed E-state index contributed by atoms with van der Waals surface area (Å²) in [5.41, 5.74) is 7.50. The van der Waals surface area contributed by atoms with Crippen LogP contribution in [0.5, 0.6) is 0 Å². The molecule has 0 saturated heterocycles. The van der Waals surface area contributed by atoms with Gasteiger partial charge >= 0.3 is 6.09 Å². The summed E-state index contributed by atoms with van der Waals surface area (Å²) < 4.78 is 15.5. The van der Waals surface area contributed by atoms with E-state index in [1.54, 1.807) is 0 Å². The van der Waals surface area contributed by atoms with Crippen LogP contribution >= 0.6 is 0 Å². The molecule has 0 aliphatic rings. The second kappa shape index (κ2) is 10.8. The highest BCUT2D eigenvalue weighted by atomic mass is 16.7. The highest BCUT2D eigenvalue weighted by Gasteiger charge is 2.04. The molecule has 0 aliphatic carbocycles. The minimum atomic E-state index is -0.676. The molecule has 0 spiro atoms. The number of carbonyl (C=O) groups is 1. The lowest BCUT2D eigenvalue weighted by Gasteiger charge is -2.07. The molecule has 0 atom stereocenters. The number of aliphatic imine (C=N–C) groups is 1. The van der Waals surface area contributed by atoms with E-state index >= 15 is 0 Å². The van der Waals surface area contributed by atoms with Crippen molar-refractivity contribution in [3.05, 3.63) is 71.8 Å². The molecule has 7 heteroatoms. The average molecular weight is 343 g/mol. The topological polar surface area (TPSA) is 95.2 Å². The Bertz CT molecular complexity index is 663. The van der Waals surface area contributed by atoms with Crippen LogP contribution in [0.15, 0.2) is 65.7 Å². The number of alkyl carbamates (subject to hydrolysis) is 1. The molecule has 3 N–H and O–H groups in total. The lowest BCUT2D eigenvalue weighted by Crippen LogP contribution is -2.37. The first kappa shape index (κ1) is 18.4. The van der Waals surface area contributed by atoms with Crippen LogP contribution in [0.2, 0.25) is 0 Å². The van der Waals surface area contributed by atoms with Gasteiger partial charge in [0.2, 0.25) is 0 Å². The molecular weight excluding hydrogens is 322 g/mol. The van der Waals surface area contributed by atoms with Crippen LogP contribution in [0.25, 0.3) is 0 Å². The largest absolute Gasteiger partial charge is 0.444 e. The van der Waals surface area contributed by atoms with Crippen molar-refractivity contribution in [1.82, 2.24) is 5.32 Å². The predicted molar refractivity (Wildman–Crippen MR) is 93.4 cm³/mol. The molecule has 132 valence electrons. The quantitative estimate of drug-likeness (QED) is 0.332. The number of carbonyl (C=O) groups excluding carboxylic acids is 1. The molecule has 2 aromatic carbocycles. The summed E-state index contributed by atoms with van der Waals surface area (Å²) in [6.45, 7) is 0.650. The van der Waals surface area contributed by atoms with E-state index in [0.29, 0.717) is 6.61 Å². The van der Waals surface area contributed by atoms with Gasteiger partial charge in [-0.05, 0) is 11.1 Å². The number of nitrogens with one attached hydrogen (secondary N) is 1. The number of amides is 1. The Labute approximate surface area is 146 Å². The van der Waals surface area contributed by atoms with Gasteiger partial charge in [-0.3, -0.25) is 5.32 Å². The van der Waals surface area contributed by atoms with Gasteiger partial charge in [0.1, 0.15) is 20.1 Å². The first-order valence-electron chi connectivity index (χ1n) is 7.71. The summed E-state index contributed by atoms with van der Waals surface area (Å²) >= 11 is 0. The summed E-state index contributed by atoms with van der Waals surface area (Å²) in [6, 6.07) is 19.1. The van der Waals surface area contributed by atoms with Crippen molar-refractivity contribution in [1.29, 1.82) is 0 Å². The zero-order chi connectivity index (χ0) is 17.7. The van der Waals surface area contributed by atoms with Gasteiger partial charge in [-0.2, -0.15) is 0 Å². The maximum absolute atomic E-state index is 11.6. The summed E-state index contributed by atoms with van der Waals surface area (Å²) in [6.07, 6.45) is -0.676. The number of ether oxygens (including phenoxy) is 3. The number of guanidine groups is 1. The minimum absolute atomic E-state index is 0.0282. The highest BCUT2D eigenvalue weighted by molar-refractivity contribution is 5.92. The van der Waals surface area contributed by atoms with Crippen molar-refractivity contribution in [2.45, 2.75) is 13.2 Å². The van der Waals surface area contributed by atoms with E-state index < -0.39 is 6.09 Å². The van der Waals surface area contributed by atoms with Crippen molar-refractivity contribution in [2.24, 2.45) is 10.7 Å². The van der Waals surface area contributed by atoms with Gasteiger partial charge in [0.25, 0.3) is 0 Å². The Morgan fingerprint density at radius 3 is 2.16 bits per heavy atom. The molecule has 0 saturated carbocycles. The zero-order valence-electron chi connectivity index (χ0n) is 13.8. The second-order valence-corrected chi connectivity index (χ2v) is 5.02. The highest BCUT2D eigenvalue weighted by Crippen LogP contribution is 2.01. The molecule has 0 fully saturated rings. The van der Waals surface area contributed by atoms with Crippen molar-refractivity contribution >= 4 is 12.1 Å². The third-order valence-corrected chi connectivity index (χ3v) is 3.05. The van der Waals surface area contributed by atoms with E-state index in [-0.39, 0.29) is 26.1 Å². The van der Waals surface area contributed by atoms with Crippen molar-refractivity contribution in [3.63, 3.8) is 0 Å². The fraction of sp³-hybridized carbons (Fsp3) is 0.222. The molecule has 7 nitrogen and oxygen atoms in total. The van der Waals surface area contributed by atoms with E-state index in [2.05, 4.69) is 10.3 Å². The van der Waals surface area contributed by atoms with Gasteiger partial charge in [-0.1, -0.05) is 60.7 Å². The molecule has 2 aromatic rings. The number of hydrogen-bond donors (Lipinski definition) is 2. The van der Waals surface area contributed by atoms with Gasteiger partial charge in [-0.15, -0.1) is 0 Å². The van der Waals surface area contributed by atoms with E-state index in [0.717, 1.165) is 11.1 Å². The molecular formula is C18H21N3O4. The fourth-order valence-corrected chi connectivity index (χ4v) is 1.85. The Kier molecular flexibility index (Phi) is 7.96. The molecule has 0 radical (unpaired) electrons. The Hall–Kier alpha value is -2.90. The van der Waals surface area contributed by atoms with Gasteiger partial charge in [0.05, 0.1) is 6.61 Å². The SMILES string of the molecule is N/C(=N\COCOCc1ccccc1)NC(=O)OCc1ccccc1. The van der Waals surface area contributed by atoms with Crippen molar-refractivity contribution in [2.75, 3.05) is 13.5 Å². The van der Waals surface area contributed by atoms with E-state index in [1.807, 2.05) is 60.7 Å². The maximum Gasteiger partial charge on any atom is 0.414 e. The van der Waals surface area contributed by atoms with E-state index in [1.165, 1.54) is 0 Å². The molecule has 25 heavy (non-hydrogen) atoms. The number of nitrogens with two attached hydrogens (primary N) is 1. The van der Waals surface area contributed by atoms with Crippen LogP contribution in [-0.2, 0) is 27.4 Å². The van der Waals surface area contributed by atoms with Gasteiger partial charge in [-0.25, -0.2) is 9.79 Å². The van der Waals surface area contributed by atoms with Crippen LogP contribution in [0.1, 0.15) is 11.1 Å². The molecule has 0 bridgehead atoms. The van der Waals surface area contributed by atoms with Crippen molar-refractivity contribution < 1.29 is 19.0 Å². The second-order valence-electron chi connectivity index (χ2n) is 5.02. The van der Waals surface area contributed by atoms with E-state index in [4.69, 9.17) is 19.9 Å². The minimum Gasteiger partial charge on any atom is -0.444 e. The lowest BCUT2D eigenvalue weighted by molar-refractivity contribution is -0.0589. The van der Waals surface area contributed by atoms with Crippen LogP contribution in [0.4, 0.5) is 4.79 Å². The third kappa shape index (κ3) is 7.96. The third-order valence-electron chi connectivity index (χ3n) is 3.05. The molecule has 0 heterocycles. The zero-order valence-corrected chi connectivity index (χ0v) is 13.8. The van der Waals surface area contributed by atoms with Gasteiger partial charge < -0.3 is 19.9 Å². The average Bonchev–Trinajstić information content (AvgIpc) is 2.64. The normalized spacial score (nSPS) is 11.1. The molecule has 1 amide bonds. The standard InChI is InChI=1S/C18H21N3O4/c19-17(21-18(22)25-12-16-9-5-2-6-10-16)20-13-24-14-23-11-15-7-3-1-4-8-15/h1-10H,11-14H2,(H3,19,20,21,22). The van der Waals surface area contributed by atoms with Crippen molar-refractivity contribution in [3.8, 4) is 0 Å². The molecule has 0 aromatic heterocycles. The Balaban J connectivity index is 1.55.